The fraction of sp³-hybridized carbons (Fsp3) is 0.296. The first kappa shape index (κ1) is 30.9. The van der Waals surface area contributed by atoms with Crippen LogP contribution >= 0.6 is 10.7 Å². The van der Waals surface area contributed by atoms with E-state index in [1.165, 1.54) is 16.6 Å². The lowest BCUT2D eigenvalue weighted by molar-refractivity contribution is 0.149. The number of fused-ring (bicyclic) bond motifs is 1. The molecule has 1 fully saturated rings. The maximum Gasteiger partial charge on any atom is 0.269 e. The maximum absolute atomic E-state index is 14.0. The number of piperidine rings is 1. The number of pyridine rings is 1. The molecule has 10 nitrogen and oxygen atoms in total. The van der Waals surface area contributed by atoms with Crippen molar-refractivity contribution in [3.8, 4) is 11.1 Å². The number of sulfonamides is 1. The monoisotopic (exact) mass is 655 g/mol. The van der Waals surface area contributed by atoms with E-state index in [9.17, 15) is 34.8 Å². The van der Waals surface area contributed by atoms with Gasteiger partial charge in [-0.1, -0.05) is 30.3 Å². The third-order valence-electron chi connectivity index (χ3n) is 7.17. The molecule has 0 bridgehead atoms. The van der Waals surface area contributed by atoms with Crippen molar-refractivity contribution in [1.29, 1.82) is 0 Å². The predicted molar refractivity (Wildman–Crippen MR) is 156 cm³/mol. The molecule has 43 heavy (non-hydrogen) atoms. The Morgan fingerprint density at radius 3 is 2.28 bits per heavy atom. The number of anilines is 1. The minimum Gasteiger partial charge on any atom is -0.351 e. The van der Waals surface area contributed by atoms with Crippen LogP contribution in [0.1, 0.15) is 30.4 Å². The second kappa shape index (κ2) is 11.9. The number of hydrogen-bond acceptors (Lipinski definition) is 8. The van der Waals surface area contributed by atoms with Crippen molar-refractivity contribution in [2.75, 3.05) is 24.7 Å². The van der Waals surface area contributed by atoms with Gasteiger partial charge >= 0.3 is 0 Å². The van der Waals surface area contributed by atoms with E-state index in [1.54, 1.807) is 24.3 Å². The molecule has 5 rings (SSSR count). The Morgan fingerprint density at radius 2 is 1.67 bits per heavy atom. The van der Waals surface area contributed by atoms with Gasteiger partial charge in [0.25, 0.3) is 21.0 Å². The van der Waals surface area contributed by atoms with E-state index in [0.29, 0.717) is 42.6 Å². The maximum atomic E-state index is 14.0. The van der Waals surface area contributed by atoms with E-state index in [1.807, 2.05) is 0 Å². The molecule has 0 radical (unpaired) electrons. The molecule has 16 heteroatoms. The molecule has 0 unspecified atom stereocenters. The zero-order valence-electron chi connectivity index (χ0n) is 22.5. The molecule has 1 aliphatic heterocycles. The lowest BCUT2D eigenvalue weighted by atomic mass is 10.0. The summed E-state index contributed by atoms with van der Waals surface area (Å²) in [6, 6.07) is 10.9. The summed E-state index contributed by atoms with van der Waals surface area (Å²) in [5.41, 5.74) is -0.0528. The molecule has 0 atom stereocenters. The normalized spacial score (nSPS) is 15.3. The van der Waals surface area contributed by atoms with Gasteiger partial charge in [0, 0.05) is 41.4 Å². The number of halogens is 4. The van der Waals surface area contributed by atoms with Gasteiger partial charge in [-0.15, -0.1) is 0 Å². The van der Waals surface area contributed by atoms with E-state index in [-0.39, 0.29) is 29.6 Å². The van der Waals surface area contributed by atoms with E-state index >= 15 is 0 Å². The summed E-state index contributed by atoms with van der Waals surface area (Å²) in [7, 11) is -2.29. The second-order valence-electron chi connectivity index (χ2n) is 10.1. The van der Waals surface area contributed by atoms with Crippen molar-refractivity contribution < 1.29 is 30.0 Å². The molecular formula is C27H25ClF3N5O5S2. The zero-order valence-corrected chi connectivity index (χ0v) is 24.9. The first-order valence-electron chi connectivity index (χ1n) is 12.9. The van der Waals surface area contributed by atoms with Crippen molar-refractivity contribution >= 4 is 46.7 Å². The third kappa shape index (κ3) is 6.84. The molecule has 4 aromatic rings. The minimum atomic E-state index is -4.32. The van der Waals surface area contributed by atoms with Gasteiger partial charge in [0.1, 0.15) is 16.4 Å². The first-order chi connectivity index (χ1) is 20.2. The Bertz CT molecular complexity index is 1970. The SMILES string of the molecule is CS(=O)(=O)N1CCC(Nc2ncc3cc(C(F)F)c(=O)n(Cc4ccc(-c5ccc(F)c(S(=O)(=O)Cl)c5)cc4)c3n2)CC1. The topological polar surface area (TPSA) is 131 Å². The van der Waals surface area contributed by atoms with Crippen LogP contribution in [0.15, 0.2) is 64.4 Å². The van der Waals surface area contributed by atoms with Crippen LogP contribution in [0, 0.1) is 5.82 Å². The second-order valence-corrected chi connectivity index (χ2v) is 14.6. The highest BCUT2D eigenvalue weighted by Gasteiger charge is 2.26. The summed E-state index contributed by atoms with van der Waals surface area (Å²) in [5, 5.41) is 3.38. The Labute approximate surface area is 249 Å². The van der Waals surface area contributed by atoms with Crippen molar-refractivity contribution in [1.82, 2.24) is 18.8 Å². The van der Waals surface area contributed by atoms with Gasteiger partial charge in [-0.25, -0.2) is 39.3 Å². The van der Waals surface area contributed by atoms with Gasteiger partial charge < -0.3 is 5.32 Å². The third-order valence-corrected chi connectivity index (χ3v) is 9.81. The molecule has 1 saturated heterocycles. The van der Waals surface area contributed by atoms with Crippen LogP contribution in [-0.2, 0) is 25.6 Å². The fourth-order valence-electron chi connectivity index (χ4n) is 4.92. The van der Waals surface area contributed by atoms with Crippen molar-refractivity contribution in [2.24, 2.45) is 0 Å². The van der Waals surface area contributed by atoms with E-state index < -0.39 is 47.3 Å². The number of rotatable bonds is 8. The van der Waals surface area contributed by atoms with Crippen LogP contribution in [0.2, 0.25) is 0 Å². The molecule has 2 aromatic heterocycles. The van der Waals surface area contributed by atoms with E-state index in [2.05, 4.69) is 15.3 Å². The van der Waals surface area contributed by atoms with E-state index in [0.717, 1.165) is 29.0 Å². The van der Waals surface area contributed by atoms with Crippen LogP contribution in [0.25, 0.3) is 22.2 Å². The molecule has 0 spiro atoms. The molecule has 0 aliphatic carbocycles. The van der Waals surface area contributed by atoms with Gasteiger partial charge in [-0.05, 0) is 47.7 Å². The predicted octanol–water partition coefficient (Wildman–Crippen LogP) is 4.35. The molecule has 3 heterocycles. The van der Waals surface area contributed by atoms with Crippen LogP contribution in [-0.4, -0.2) is 61.1 Å². The molecule has 1 N–H and O–H groups in total. The highest BCUT2D eigenvalue weighted by atomic mass is 35.7. The average Bonchev–Trinajstić information content (AvgIpc) is 2.94. The number of hydrogen-bond donors (Lipinski definition) is 1. The van der Waals surface area contributed by atoms with Crippen LogP contribution in [0.5, 0.6) is 0 Å². The van der Waals surface area contributed by atoms with Crippen molar-refractivity contribution in [2.45, 2.75) is 36.7 Å². The lowest BCUT2D eigenvalue weighted by Crippen LogP contribution is -2.42. The molecule has 2 aromatic carbocycles. The molecule has 0 saturated carbocycles. The van der Waals surface area contributed by atoms with Gasteiger partial charge in [-0.3, -0.25) is 9.36 Å². The van der Waals surface area contributed by atoms with Gasteiger partial charge in [0.2, 0.25) is 16.0 Å². The molecule has 228 valence electrons. The van der Waals surface area contributed by atoms with Crippen molar-refractivity contribution in [3.63, 3.8) is 0 Å². The first-order valence-corrected chi connectivity index (χ1v) is 17.1. The average molecular weight is 656 g/mol. The van der Waals surface area contributed by atoms with Gasteiger partial charge in [0.05, 0.1) is 18.4 Å². The number of nitrogens with one attached hydrogen (secondary N) is 1. The summed E-state index contributed by atoms with van der Waals surface area (Å²) in [6.07, 6.45) is 0.474. The van der Waals surface area contributed by atoms with E-state index in [4.69, 9.17) is 10.7 Å². The standard InChI is InChI=1S/C27H25ClF3N5O5S2/c1-42(38,39)35-10-8-20(9-11-35)33-27-32-14-19-12-21(24(30)31)26(37)36(25(19)34-27)15-16-2-4-17(5-3-16)18-6-7-22(29)23(13-18)43(28,40)41/h2-7,12-14,20,24H,8-11,15H2,1H3,(H,32,33,34). The lowest BCUT2D eigenvalue weighted by Gasteiger charge is -2.30. The summed E-state index contributed by atoms with van der Waals surface area (Å²) in [4.78, 5) is 21.2. The Kier molecular flexibility index (Phi) is 8.53. The smallest absolute Gasteiger partial charge is 0.269 e. The van der Waals surface area contributed by atoms with Crippen molar-refractivity contribution in [3.05, 3.63) is 82.0 Å². The van der Waals surface area contributed by atoms with Gasteiger partial charge in [0.15, 0.2) is 0 Å². The van der Waals surface area contributed by atoms with Gasteiger partial charge in [-0.2, -0.15) is 4.98 Å². The highest BCUT2D eigenvalue weighted by Crippen LogP contribution is 2.28. The zero-order chi connectivity index (χ0) is 31.1. The summed E-state index contributed by atoms with van der Waals surface area (Å²) >= 11 is 0. The van der Waals surface area contributed by atoms with Crippen LogP contribution < -0.4 is 10.9 Å². The molecule has 1 aliphatic rings. The Hall–Kier alpha value is -3.53. The Morgan fingerprint density at radius 1 is 1.02 bits per heavy atom. The quantitative estimate of drug-likeness (QED) is 0.277. The van der Waals surface area contributed by atoms with Crippen LogP contribution in [0.4, 0.5) is 19.1 Å². The van der Waals surface area contributed by atoms with Crippen LogP contribution in [0.3, 0.4) is 0 Å². The minimum absolute atomic E-state index is 0.121. The summed E-state index contributed by atoms with van der Waals surface area (Å²) in [6.45, 7) is 0.525. The summed E-state index contributed by atoms with van der Waals surface area (Å²) in [5.74, 6) is -0.823. The number of aromatic nitrogens is 3. The summed E-state index contributed by atoms with van der Waals surface area (Å²) < 4.78 is 91.0. The Balaban J connectivity index is 1.45. The fourth-order valence-corrected chi connectivity index (χ4v) is 6.72. The number of benzene rings is 2. The number of nitrogens with zero attached hydrogens (tertiary/aromatic N) is 4. The molecular weight excluding hydrogens is 631 g/mol. The highest BCUT2D eigenvalue weighted by molar-refractivity contribution is 8.13. The number of alkyl halides is 2. The largest absolute Gasteiger partial charge is 0.351 e. The molecule has 0 amide bonds.